The maximum Gasteiger partial charge on any atom is 0.401 e. The molecule has 10 heteroatoms. The van der Waals surface area contributed by atoms with Crippen LogP contribution >= 0.6 is 0 Å². The number of halogens is 5. The first-order valence-corrected chi connectivity index (χ1v) is 8.56. The van der Waals surface area contributed by atoms with Crippen LogP contribution in [0.15, 0.2) is 24.3 Å². The van der Waals surface area contributed by atoms with Gasteiger partial charge < -0.3 is 15.2 Å². The highest BCUT2D eigenvalue weighted by Crippen LogP contribution is 2.22. The molecule has 0 radical (unpaired) electrons. The quantitative estimate of drug-likeness (QED) is 0.314. The minimum atomic E-state index is -4.48. The lowest BCUT2D eigenvalue weighted by Crippen LogP contribution is -2.42. The molecular weight excluding hydrogens is 387 g/mol. The Kier molecular flexibility index (Phi) is 9.50. The third-order valence-electron chi connectivity index (χ3n) is 3.55. The normalized spacial score (nSPS) is 14.6. The van der Waals surface area contributed by atoms with E-state index in [0.29, 0.717) is 0 Å². The van der Waals surface area contributed by atoms with Gasteiger partial charge in [0.15, 0.2) is 11.6 Å². The number of aliphatic hydroxyl groups is 1. The first-order chi connectivity index (χ1) is 13.0. The van der Waals surface area contributed by atoms with Crippen LogP contribution in [0, 0.1) is 11.6 Å². The van der Waals surface area contributed by atoms with Crippen LogP contribution in [0.5, 0.6) is 0 Å². The lowest BCUT2D eigenvalue weighted by molar-refractivity contribution is -0.146. The summed E-state index contributed by atoms with van der Waals surface area (Å²) in [7, 11) is 0. The van der Waals surface area contributed by atoms with Gasteiger partial charge in [-0.25, -0.2) is 8.78 Å². The fraction of sp³-hybridized carbons (Fsp3) is 0.500. The van der Waals surface area contributed by atoms with Crippen LogP contribution in [0.3, 0.4) is 0 Å². The van der Waals surface area contributed by atoms with Gasteiger partial charge in [0.25, 0.3) is 0 Å². The largest absolute Gasteiger partial charge is 0.465 e. The van der Waals surface area contributed by atoms with Crippen molar-refractivity contribution in [3.63, 3.8) is 0 Å². The lowest BCUT2D eigenvalue weighted by Gasteiger charge is -2.19. The minimum absolute atomic E-state index is 0.0305. The van der Waals surface area contributed by atoms with Crippen LogP contribution in [0.1, 0.15) is 25.8 Å². The van der Waals surface area contributed by atoms with Gasteiger partial charge in [0.2, 0.25) is 0 Å². The highest BCUT2D eigenvalue weighted by molar-refractivity contribution is 5.77. The Labute approximate surface area is 159 Å². The van der Waals surface area contributed by atoms with Crippen molar-refractivity contribution in [2.45, 2.75) is 38.7 Å². The van der Waals surface area contributed by atoms with E-state index in [1.807, 2.05) is 0 Å². The topological polar surface area (TPSA) is 70.6 Å². The molecule has 0 saturated carbocycles. The van der Waals surface area contributed by atoms with Crippen LogP contribution in [-0.2, 0) is 9.53 Å². The maximum atomic E-state index is 14.1. The van der Waals surface area contributed by atoms with Gasteiger partial charge in [0.1, 0.15) is 12.3 Å². The van der Waals surface area contributed by atoms with Gasteiger partial charge >= 0.3 is 12.1 Å². The monoisotopic (exact) mass is 410 g/mol. The highest BCUT2D eigenvalue weighted by Gasteiger charge is 2.27. The Hall–Kier alpha value is -2.04. The minimum Gasteiger partial charge on any atom is -0.465 e. The number of ether oxygens (including phenoxy) is 1. The molecule has 0 aromatic heterocycles. The van der Waals surface area contributed by atoms with Gasteiger partial charge in [-0.15, -0.1) is 0 Å². The smallest absolute Gasteiger partial charge is 0.401 e. The molecule has 0 spiro atoms. The number of hydrogen-bond donors (Lipinski definition) is 3. The summed E-state index contributed by atoms with van der Waals surface area (Å²) in [5, 5.41) is 14.1. The van der Waals surface area contributed by atoms with E-state index in [9.17, 15) is 31.9 Å². The second-order valence-corrected chi connectivity index (χ2v) is 5.93. The maximum absolute atomic E-state index is 14.1. The molecule has 3 N–H and O–H groups in total. The Morgan fingerprint density at radius 1 is 1.32 bits per heavy atom. The van der Waals surface area contributed by atoms with E-state index in [2.05, 4.69) is 10.6 Å². The van der Waals surface area contributed by atoms with Gasteiger partial charge in [-0.2, -0.15) is 13.2 Å². The van der Waals surface area contributed by atoms with E-state index in [1.165, 1.54) is 25.1 Å². The molecule has 158 valence electrons. The number of aliphatic hydroxyl groups excluding tert-OH is 1. The third kappa shape index (κ3) is 8.32. The summed E-state index contributed by atoms with van der Waals surface area (Å²) in [5.41, 5.74) is -0.197. The number of benzene rings is 1. The van der Waals surface area contributed by atoms with Gasteiger partial charge in [-0.1, -0.05) is 18.2 Å². The Morgan fingerprint density at radius 2 is 2.00 bits per heavy atom. The first-order valence-electron chi connectivity index (χ1n) is 8.56. The molecule has 0 amide bonds. The van der Waals surface area contributed by atoms with E-state index in [4.69, 9.17) is 4.74 Å². The summed E-state index contributed by atoms with van der Waals surface area (Å²) in [4.78, 5) is 12.0. The van der Waals surface area contributed by atoms with Crippen molar-refractivity contribution in [3.05, 3.63) is 41.5 Å². The van der Waals surface area contributed by atoms with Crippen molar-refractivity contribution in [3.8, 4) is 0 Å². The van der Waals surface area contributed by atoms with Crippen molar-refractivity contribution in [1.29, 1.82) is 0 Å². The van der Waals surface area contributed by atoms with Gasteiger partial charge in [0, 0.05) is 12.1 Å². The zero-order chi connectivity index (χ0) is 21.3. The zero-order valence-electron chi connectivity index (χ0n) is 15.4. The summed E-state index contributed by atoms with van der Waals surface area (Å²) in [6.07, 6.45) is -4.37. The Bertz CT molecular complexity index is 678. The standard InChI is InChI=1S/C18H23F5N2O3/c1-3-28-17(27)15(25-11(2)26)8-7-12(9-24-10-18(21,22)23)13-5-4-6-14(19)16(13)20/h4-7,11,15,24-26H,3,8-10H2,1-2H3/b12-7+. The van der Waals surface area contributed by atoms with Gasteiger partial charge in [-0.3, -0.25) is 10.1 Å². The van der Waals surface area contributed by atoms with E-state index in [-0.39, 0.29) is 24.2 Å². The molecule has 0 aliphatic rings. The SMILES string of the molecule is CCOC(=O)C(C/C=C(\CNCC(F)(F)F)c1cccc(F)c1F)NC(C)O. The second-order valence-electron chi connectivity index (χ2n) is 5.93. The molecule has 0 saturated heterocycles. The van der Waals surface area contributed by atoms with E-state index in [1.54, 1.807) is 6.92 Å². The van der Waals surface area contributed by atoms with E-state index in [0.717, 1.165) is 6.07 Å². The van der Waals surface area contributed by atoms with Crippen molar-refractivity contribution >= 4 is 11.5 Å². The number of alkyl halides is 3. The number of carbonyl (C=O) groups is 1. The summed E-state index contributed by atoms with van der Waals surface area (Å²) in [5.74, 6) is -3.05. The van der Waals surface area contributed by atoms with Gasteiger partial charge in [-0.05, 0) is 31.9 Å². The summed E-state index contributed by atoms with van der Waals surface area (Å²) >= 11 is 0. The van der Waals surface area contributed by atoms with Crippen molar-refractivity contribution in [1.82, 2.24) is 10.6 Å². The average molecular weight is 410 g/mol. The van der Waals surface area contributed by atoms with Crippen LogP contribution < -0.4 is 10.6 Å². The summed E-state index contributed by atoms with van der Waals surface area (Å²) in [6, 6.07) is 2.31. The van der Waals surface area contributed by atoms with Crippen LogP contribution in [0.25, 0.3) is 5.57 Å². The van der Waals surface area contributed by atoms with Crippen LogP contribution in [0.2, 0.25) is 0 Å². The second kappa shape index (κ2) is 11.1. The molecule has 0 aliphatic carbocycles. The summed E-state index contributed by atoms with van der Waals surface area (Å²) < 4.78 is 69.7. The Morgan fingerprint density at radius 3 is 2.57 bits per heavy atom. The number of carbonyl (C=O) groups excluding carboxylic acids is 1. The molecule has 0 bridgehead atoms. The van der Waals surface area contributed by atoms with Gasteiger partial charge in [0.05, 0.1) is 13.2 Å². The lowest BCUT2D eigenvalue weighted by atomic mass is 10.0. The summed E-state index contributed by atoms with van der Waals surface area (Å²) in [6.45, 7) is 1.30. The molecule has 5 nitrogen and oxygen atoms in total. The predicted octanol–water partition coefficient (Wildman–Crippen LogP) is 2.75. The molecule has 28 heavy (non-hydrogen) atoms. The number of nitrogens with one attached hydrogen (secondary N) is 2. The molecule has 0 aliphatic heterocycles. The predicted molar refractivity (Wildman–Crippen MR) is 93.1 cm³/mol. The van der Waals surface area contributed by atoms with E-state index >= 15 is 0 Å². The van der Waals surface area contributed by atoms with E-state index < -0.39 is 49.1 Å². The van der Waals surface area contributed by atoms with Crippen LogP contribution in [0.4, 0.5) is 22.0 Å². The Balaban J connectivity index is 3.10. The fourth-order valence-electron chi connectivity index (χ4n) is 2.39. The van der Waals surface area contributed by atoms with Crippen molar-refractivity contribution in [2.24, 2.45) is 0 Å². The number of esters is 1. The molecule has 0 fully saturated rings. The fourth-order valence-corrected chi connectivity index (χ4v) is 2.39. The molecule has 2 unspecified atom stereocenters. The highest BCUT2D eigenvalue weighted by atomic mass is 19.4. The molecule has 2 atom stereocenters. The van der Waals surface area contributed by atoms with Crippen molar-refractivity contribution in [2.75, 3.05) is 19.7 Å². The average Bonchev–Trinajstić information content (AvgIpc) is 2.58. The van der Waals surface area contributed by atoms with Crippen LogP contribution in [-0.4, -0.2) is 49.2 Å². The number of hydrogen-bond acceptors (Lipinski definition) is 5. The molecule has 1 aromatic carbocycles. The number of rotatable bonds is 10. The molecule has 1 rings (SSSR count). The molecular formula is C18H23F5N2O3. The zero-order valence-corrected chi connectivity index (χ0v) is 15.4. The molecule has 1 aromatic rings. The first kappa shape index (κ1) is 24.0. The van der Waals surface area contributed by atoms with Crippen molar-refractivity contribution < 1.29 is 36.6 Å². The third-order valence-corrected chi connectivity index (χ3v) is 3.55. The molecule has 0 heterocycles.